The minimum atomic E-state index is 0.169. The monoisotopic (exact) mass is 169 g/mol. The molecule has 0 aliphatic rings. The Morgan fingerprint density at radius 1 is 1.42 bits per heavy atom. The van der Waals surface area contributed by atoms with Gasteiger partial charge in [0.15, 0.2) is 7.05 Å². The van der Waals surface area contributed by atoms with Crippen molar-refractivity contribution in [3.63, 3.8) is 0 Å². The number of ether oxygens (including phenoxy) is 1. The highest BCUT2D eigenvalue weighted by atomic mass is 16.5. The quantitative estimate of drug-likeness (QED) is 0.661. The molecule has 1 aromatic heterocycles. The van der Waals surface area contributed by atoms with Crippen LogP contribution in [0, 0.1) is 13.8 Å². The molecule has 0 saturated carbocycles. The lowest BCUT2D eigenvalue weighted by atomic mass is 10.1. The lowest BCUT2D eigenvalue weighted by molar-refractivity contribution is -0.732. The van der Waals surface area contributed by atoms with Crippen LogP contribution < -0.4 is 4.68 Å². The van der Waals surface area contributed by atoms with Crippen molar-refractivity contribution in [3.05, 3.63) is 17.0 Å². The molecule has 1 heterocycles. The summed E-state index contributed by atoms with van der Waals surface area (Å²) in [6, 6.07) is 0. The Morgan fingerprint density at radius 2 is 2.00 bits per heavy atom. The summed E-state index contributed by atoms with van der Waals surface area (Å²) >= 11 is 0. The lowest BCUT2D eigenvalue weighted by Gasteiger charge is -2.06. The second-order valence-corrected chi connectivity index (χ2v) is 3.17. The molecule has 3 nitrogen and oxygen atoms in total. The Bertz CT molecular complexity index is 278. The van der Waals surface area contributed by atoms with E-state index in [2.05, 4.69) is 25.9 Å². The summed E-state index contributed by atoms with van der Waals surface area (Å²) in [5.74, 6) is 0. The molecule has 0 spiro atoms. The SMILES string of the molecule is COC(C)c1c(C)[nH][n+](C)c1C. The molecule has 1 rings (SSSR count). The van der Waals surface area contributed by atoms with E-state index in [1.165, 1.54) is 17.0 Å². The number of nitrogens with one attached hydrogen (secondary N) is 1. The molecule has 1 atom stereocenters. The minimum Gasteiger partial charge on any atom is -0.377 e. The Hall–Kier alpha value is -0.830. The van der Waals surface area contributed by atoms with Crippen LogP contribution in [-0.4, -0.2) is 12.2 Å². The number of hydrogen-bond acceptors (Lipinski definition) is 1. The molecule has 0 radical (unpaired) electrons. The molecule has 1 aromatic rings. The predicted molar refractivity (Wildman–Crippen MR) is 46.9 cm³/mol. The molecule has 0 fully saturated rings. The van der Waals surface area contributed by atoms with E-state index in [1.807, 2.05) is 11.7 Å². The number of aromatic nitrogens is 2. The molecule has 3 heteroatoms. The second-order valence-electron chi connectivity index (χ2n) is 3.17. The fraction of sp³-hybridized carbons (Fsp3) is 0.667. The van der Waals surface area contributed by atoms with Gasteiger partial charge in [0.2, 0.25) is 5.69 Å². The molecular weight excluding hydrogens is 152 g/mol. The zero-order valence-corrected chi connectivity index (χ0v) is 8.43. The van der Waals surface area contributed by atoms with E-state index in [4.69, 9.17) is 4.74 Å². The Morgan fingerprint density at radius 3 is 2.33 bits per heavy atom. The Balaban J connectivity index is 3.13. The highest BCUT2D eigenvalue weighted by Crippen LogP contribution is 2.20. The van der Waals surface area contributed by atoms with E-state index >= 15 is 0 Å². The van der Waals surface area contributed by atoms with Gasteiger partial charge in [-0.25, -0.2) is 0 Å². The first-order valence-electron chi connectivity index (χ1n) is 4.15. The number of hydrogen-bond donors (Lipinski definition) is 1. The largest absolute Gasteiger partial charge is 0.377 e. The zero-order chi connectivity index (χ0) is 9.30. The third kappa shape index (κ3) is 1.37. The molecule has 0 bridgehead atoms. The van der Waals surface area contributed by atoms with E-state index in [0.29, 0.717) is 0 Å². The number of aromatic amines is 1. The fourth-order valence-electron chi connectivity index (χ4n) is 1.56. The van der Waals surface area contributed by atoms with Crippen molar-refractivity contribution in [1.29, 1.82) is 0 Å². The number of nitrogens with zero attached hydrogens (tertiary/aromatic N) is 1. The van der Waals surface area contributed by atoms with Crippen molar-refractivity contribution in [3.8, 4) is 0 Å². The molecule has 0 amide bonds. The zero-order valence-electron chi connectivity index (χ0n) is 8.43. The summed E-state index contributed by atoms with van der Waals surface area (Å²) in [5, 5.41) is 3.23. The van der Waals surface area contributed by atoms with Crippen LogP contribution >= 0.6 is 0 Å². The molecule has 0 saturated heterocycles. The molecule has 1 unspecified atom stereocenters. The first kappa shape index (κ1) is 9.26. The standard InChI is InChI=1S/C9H16N2O/c1-6-9(8(3)12-5)7(2)11(4)10-6/h8H,1-5H3/p+1. The molecular formula is C9H17N2O+. The molecule has 12 heavy (non-hydrogen) atoms. The topological polar surface area (TPSA) is 28.9 Å². The summed E-state index contributed by atoms with van der Waals surface area (Å²) in [7, 11) is 3.74. The maximum absolute atomic E-state index is 5.28. The van der Waals surface area contributed by atoms with Crippen LogP contribution in [0.5, 0.6) is 0 Å². The maximum Gasteiger partial charge on any atom is 0.210 e. The van der Waals surface area contributed by atoms with E-state index in [0.717, 1.165) is 0 Å². The van der Waals surface area contributed by atoms with Crippen LogP contribution in [-0.2, 0) is 11.8 Å². The second kappa shape index (κ2) is 3.27. The van der Waals surface area contributed by atoms with Gasteiger partial charge < -0.3 is 4.74 Å². The van der Waals surface area contributed by atoms with Gasteiger partial charge in [-0.15, -0.1) is 4.68 Å². The average molecular weight is 169 g/mol. The van der Waals surface area contributed by atoms with Gasteiger partial charge in [0, 0.05) is 14.0 Å². The molecule has 0 aliphatic carbocycles. The van der Waals surface area contributed by atoms with Crippen molar-refractivity contribution in [2.24, 2.45) is 7.05 Å². The third-order valence-corrected chi connectivity index (χ3v) is 2.39. The van der Waals surface area contributed by atoms with E-state index in [-0.39, 0.29) is 6.10 Å². The van der Waals surface area contributed by atoms with Gasteiger partial charge >= 0.3 is 0 Å². The van der Waals surface area contributed by atoms with Crippen LogP contribution in [0.2, 0.25) is 0 Å². The molecule has 68 valence electrons. The molecule has 1 N–H and O–H groups in total. The van der Waals surface area contributed by atoms with Gasteiger partial charge in [-0.2, -0.15) is 5.10 Å². The van der Waals surface area contributed by atoms with Crippen LogP contribution in [0.15, 0.2) is 0 Å². The summed E-state index contributed by atoms with van der Waals surface area (Å²) < 4.78 is 7.29. The Labute approximate surface area is 73.3 Å². The van der Waals surface area contributed by atoms with Crippen LogP contribution in [0.3, 0.4) is 0 Å². The van der Waals surface area contributed by atoms with E-state index in [1.54, 1.807) is 7.11 Å². The van der Waals surface area contributed by atoms with Crippen LogP contribution in [0.4, 0.5) is 0 Å². The summed E-state index contributed by atoms with van der Waals surface area (Å²) in [6.45, 7) is 6.22. The van der Waals surface area contributed by atoms with Crippen molar-refractivity contribution >= 4 is 0 Å². The molecule has 0 aromatic carbocycles. The maximum atomic E-state index is 5.28. The van der Waals surface area contributed by atoms with Gasteiger partial charge in [0.05, 0.1) is 17.4 Å². The smallest absolute Gasteiger partial charge is 0.210 e. The fourth-order valence-corrected chi connectivity index (χ4v) is 1.56. The van der Waals surface area contributed by atoms with E-state index < -0.39 is 0 Å². The van der Waals surface area contributed by atoms with Crippen molar-refractivity contribution < 1.29 is 9.42 Å². The summed E-state index contributed by atoms with van der Waals surface area (Å²) in [6.07, 6.45) is 0.169. The predicted octanol–water partition coefficient (Wildman–Crippen LogP) is 1.16. The van der Waals surface area contributed by atoms with E-state index in [9.17, 15) is 0 Å². The van der Waals surface area contributed by atoms with Gasteiger partial charge in [0.1, 0.15) is 0 Å². The lowest BCUT2D eigenvalue weighted by Crippen LogP contribution is -2.33. The number of aryl methyl sites for hydroxylation is 2. The number of H-pyrrole nitrogens is 1. The number of rotatable bonds is 2. The summed E-state index contributed by atoms with van der Waals surface area (Å²) in [5.41, 5.74) is 3.69. The van der Waals surface area contributed by atoms with Crippen LogP contribution in [0.1, 0.15) is 30.0 Å². The Kier molecular flexibility index (Phi) is 2.52. The average Bonchev–Trinajstić information content (AvgIpc) is 2.26. The summed E-state index contributed by atoms with van der Waals surface area (Å²) in [4.78, 5) is 0. The normalized spacial score (nSPS) is 13.4. The van der Waals surface area contributed by atoms with Crippen molar-refractivity contribution in [2.75, 3.05) is 7.11 Å². The van der Waals surface area contributed by atoms with Crippen molar-refractivity contribution in [2.45, 2.75) is 26.9 Å². The molecule has 0 aliphatic heterocycles. The minimum absolute atomic E-state index is 0.169. The van der Waals surface area contributed by atoms with Gasteiger partial charge in [-0.1, -0.05) is 0 Å². The van der Waals surface area contributed by atoms with Gasteiger partial charge in [-0.05, 0) is 13.8 Å². The highest BCUT2D eigenvalue weighted by molar-refractivity contribution is 5.22. The highest BCUT2D eigenvalue weighted by Gasteiger charge is 2.20. The van der Waals surface area contributed by atoms with Crippen molar-refractivity contribution in [1.82, 2.24) is 5.10 Å². The van der Waals surface area contributed by atoms with Crippen LogP contribution in [0.25, 0.3) is 0 Å². The van der Waals surface area contributed by atoms with Gasteiger partial charge in [-0.3, -0.25) is 0 Å². The number of methoxy groups -OCH3 is 1. The third-order valence-electron chi connectivity index (χ3n) is 2.39. The first-order valence-corrected chi connectivity index (χ1v) is 4.15. The first-order chi connectivity index (χ1) is 5.57. The van der Waals surface area contributed by atoms with Gasteiger partial charge in [0.25, 0.3) is 0 Å².